The molecule has 0 nitrogen and oxygen atoms in total. The molecular formula is C13H30. The molecule has 0 aromatic rings. The Morgan fingerprint density at radius 2 is 1.23 bits per heavy atom. The van der Waals surface area contributed by atoms with Gasteiger partial charge in [0.15, 0.2) is 0 Å². The summed E-state index contributed by atoms with van der Waals surface area (Å²) in [5.74, 6) is 2.69. The fourth-order valence-electron chi connectivity index (χ4n) is 1.38. The van der Waals surface area contributed by atoms with Crippen molar-refractivity contribution < 1.29 is 0 Å². The van der Waals surface area contributed by atoms with Crippen LogP contribution in [0.4, 0.5) is 0 Å². The fourth-order valence-corrected chi connectivity index (χ4v) is 1.38. The third-order valence-corrected chi connectivity index (χ3v) is 2.13. The van der Waals surface area contributed by atoms with Crippen molar-refractivity contribution in [2.45, 2.75) is 67.7 Å². The largest absolute Gasteiger partial charge is 0.0654 e. The lowest BCUT2D eigenvalue weighted by atomic mass is 9.89. The summed E-state index contributed by atoms with van der Waals surface area (Å²) >= 11 is 0. The molecule has 0 aliphatic rings. The van der Waals surface area contributed by atoms with Gasteiger partial charge in [-0.25, -0.2) is 0 Å². The minimum absolute atomic E-state index is 0.833. The van der Waals surface area contributed by atoms with Gasteiger partial charge in [0.2, 0.25) is 0 Å². The topological polar surface area (TPSA) is 0 Å². The molecule has 0 fully saturated rings. The molecule has 0 amide bonds. The molecule has 0 saturated carbocycles. The van der Waals surface area contributed by atoms with Gasteiger partial charge in [-0.3, -0.25) is 0 Å². The molecule has 0 aliphatic carbocycles. The SMILES string of the molecule is CC(C)C.CCCC(CC)C(C)C. The summed E-state index contributed by atoms with van der Waals surface area (Å²) in [5.41, 5.74) is 0. The smallest absolute Gasteiger partial charge is 0.0394 e. The zero-order valence-electron chi connectivity index (χ0n) is 10.9. The molecule has 0 aliphatic heterocycles. The van der Waals surface area contributed by atoms with Crippen LogP contribution in [-0.2, 0) is 0 Å². The molecule has 0 aromatic carbocycles. The molecule has 0 bridgehead atoms. The Balaban J connectivity index is 0. The lowest BCUT2D eigenvalue weighted by molar-refractivity contribution is 0.346. The Morgan fingerprint density at radius 1 is 0.846 bits per heavy atom. The summed E-state index contributed by atoms with van der Waals surface area (Å²) in [6.45, 7) is 15.7. The second kappa shape index (κ2) is 10.1. The van der Waals surface area contributed by atoms with Gasteiger partial charge in [-0.1, -0.05) is 67.7 Å². The lowest BCUT2D eigenvalue weighted by Crippen LogP contribution is -2.06. The first-order chi connectivity index (χ1) is 5.95. The Bertz CT molecular complexity index is 79.3. The summed E-state index contributed by atoms with van der Waals surface area (Å²) in [5, 5.41) is 0. The van der Waals surface area contributed by atoms with Gasteiger partial charge < -0.3 is 0 Å². The van der Waals surface area contributed by atoms with E-state index >= 15 is 0 Å². The molecule has 0 saturated heterocycles. The number of rotatable bonds is 4. The van der Waals surface area contributed by atoms with Crippen molar-refractivity contribution in [2.24, 2.45) is 17.8 Å². The van der Waals surface area contributed by atoms with Gasteiger partial charge in [0.05, 0.1) is 0 Å². The van der Waals surface area contributed by atoms with Crippen molar-refractivity contribution in [2.75, 3.05) is 0 Å². The highest BCUT2D eigenvalue weighted by molar-refractivity contribution is 4.59. The van der Waals surface area contributed by atoms with E-state index in [-0.39, 0.29) is 0 Å². The highest BCUT2D eigenvalue weighted by Crippen LogP contribution is 2.19. The van der Waals surface area contributed by atoms with Gasteiger partial charge in [0.25, 0.3) is 0 Å². The molecule has 0 radical (unpaired) electrons. The third-order valence-electron chi connectivity index (χ3n) is 2.13. The van der Waals surface area contributed by atoms with Crippen LogP contribution in [0.15, 0.2) is 0 Å². The van der Waals surface area contributed by atoms with Crippen LogP contribution in [0.5, 0.6) is 0 Å². The van der Waals surface area contributed by atoms with E-state index in [9.17, 15) is 0 Å². The van der Waals surface area contributed by atoms with Crippen molar-refractivity contribution in [3.8, 4) is 0 Å². The maximum absolute atomic E-state index is 2.32. The summed E-state index contributed by atoms with van der Waals surface area (Å²) in [6.07, 6.45) is 4.11. The van der Waals surface area contributed by atoms with Gasteiger partial charge in [-0.05, 0) is 17.8 Å². The van der Waals surface area contributed by atoms with Gasteiger partial charge in [0, 0.05) is 0 Å². The van der Waals surface area contributed by atoms with Crippen LogP contribution in [0.1, 0.15) is 67.7 Å². The second-order valence-corrected chi connectivity index (χ2v) is 4.93. The fraction of sp³-hybridized carbons (Fsp3) is 1.00. The van der Waals surface area contributed by atoms with E-state index in [1.54, 1.807) is 0 Å². The zero-order chi connectivity index (χ0) is 10.9. The van der Waals surface area contributed by atoms with Crippen molar-refractivity contribution in [1.82, 2.24) is 0 Å². The van der Waals surface area contributed by atoms with Crippen molar-refractivity contribution in [3.05, 3.63) is 0 Å². The van der Waals surface area contributed by atoms with Gasteiger partial charge in [-0.15, -0.1) is 0 Å². The quantitative estimate of drug-likeness (QED) is 0.571. The molecule has 0 heteroatoms. The number of hydrogen-bond acceptors (Lipinski definition) is 0. The molecule has 1 atom stereocenters. The summed E-state index contributed by atoms with van der Waals surface area (Å²) in [7, 11) is 0. The molecule has 0 N–H and O–H groups in total. The first-order valence-corrected chi connectivity index (χ1v) is 5.95. The average molecular weight is 186 g/mol. The first kappa shape index (κ1) is 15.5. The van der Waals surface area contributed by atoms with Crippen LogP contribution < -0.4 is 0 Å². The predicted molar refractivity (Wildman–Crippen MR) is 64.0 cm³/mol. The maximum Gasteiger partial charge on any atom is -0.0394 e. The van der Waals surface area contributed by atoms with Crippen LogP contribution in [0, 0.1) is 17.8 Å². The Kier molecular flexibility index (Phi) is 12.0. The molecule has 0 spiro atoms. The summed E-state index contributed by atoms with van der Waals surface area (Å²) < 4.78 is 0. The summed E-state index contributed by atoms with van der Waals surface area (Å²) in [6, 6.07) is 0. The van der Waals surface area contributed by atoms with E-state index in [1.165, 1.54) is 19.3 Å². The van der Waals surface area contributed by atoms with Crippen molar-refractivity contribution in [3.63, 3.8) is 0 Å². The van der Waals surface area contributed by atoms with Gasteiger partial charge in [0.1, 0.15) is 0 Å². The van der Waals surface area contributed by atoms with E-state index < -0.39 is 0 Å². The van der Waals surface area contributed by atoms with Crippen LogP contribution in [-0.4, -0.2) is 0 Å². The average Bonchev–Trinajstić information content (AvgIpc) is 1.98. The van der Waals surface area contributed by atoms with E-state index in [0.29, 0.717) is 0 Å². The van der Waals surface area contributed by atoms with Crippen molar-refractivity contribution >= 4 is 0 Å². The highest BCUT2D eigenvalue weighted by atomic mass is 14.1. The predicted octanol–water partition coefficient (Wildman–Crippen LogP) is 5.13. The van der Waals surface area contributed by atoms with E-state index in [2.05, 4.69) is 48.5 Å². The molecule has 13 heavy (non-hydrogen) atoms. The maximum atomic E-state index is 2.32. The second-order valence-electron chi connectivity index (χ2n) is 4.93. The van der Waals surface area contributed by atoms with Crippen LogP contribution in [0.25, 0.3) is 0 Å². The van der Waals surface area contributed by atoms with Crippen LogP contribution in [0.3, 0.4) is 0 Å². The standard InChI is InChI=1S/C9H20.C4H10/c1-5-7-9(6-2)8(3)4;1-4(2)3/h8-9H,5-7H2,1-4H3;4H,1-3H3. The summed E-state index contributed by atoms with van der Waals surface area (Å²) in [4.78, 5) is 0. The van der Waals surface area contributed by atoms with Crippen LogP contribution >= 0.6 is 0 Å². The van der Waals surface area contributed by atoms with E-state index in [1.807, 2.05) is 0 Å². The molecule has 0 aromatic heterocycles. The van der Waals surface area contributed by atoms with E-state index in [4.69, 9.17) is 0 Å². The first-order valence-electron chi connectivity index (χ1n) is 5.95. The Hall–Kier alpha value is 0. The Labute approximate surface area is 86.1 Å². The van der Waals surface area contributed by atoms with Gasteiger partial charge in [-0.2, -0.15) is 0 Å². The van der Waals surface area contributed by atoms with Gasteiger partial charge >= 0.3 is 0 Å². The number of hydrogen-bond donors (Lipinski definition) is 0. The van der Waals surface area contributed by atoms with Crippen LogP contribution in [0.2, 0.25) is 0 Å². The molecular weight excluding hydrogens is 156 g/mol. The van der Waals surface area contributed by atoms with E-state index in [0.717, 1.165) is 17.8 Å². The minimum Gasteiger partial charge on any atom is -0.0654 e. The monoisotopic (exact) mass is 186 g/mol. The van der Waals surface area contributed by atoms with Crippen molar-refractivity contribution in [1.29, 1.82) is 0 Å². The minimum atomic E-state index is 0.833. The highest BCUT2D eigenvalue weighted by Gasteiger charge is 2.08. The molecule has 0 rings (SSSR count). The molecule has 0 heterocycles. The Morgan fingerprint density at radius 3 is 1.31 bits per heavy atom. The molecule has 82 valence electrons. The molecule has 1 unspecified atom stereocenters. The zero-order valence-corrected chi connectivity index (χ0v) is 10.9. The third kappa shape index (κ3) is 14.8. The normalized spacial score (nSPS) is 12.7. The lowest BCUT2D eigenvalue weighted by Gasteiger charge is -2.17.